The number of carbonyl (C=O) groups excluding carboxylic acids is 2. The fraction of sp³-hybridized carbons (Fsp3) is 0.481. The van der Waals surface area contributed by atoms with E-state index in [1.807, 2.05) is 45.0 Å². The summed E-state index contributed by atoms with van der Waals surface area (Å²) >= 11 is 6.24. The van der Waals surface area contributed by atoms with Gasteiger partial charge in [-0.1, -0.05) is 56.0 Å². The quantitative estimate of drug-likeness (QED) is 0.508. The van der Waals surface area contributed by atoms with Crippen molar-refractivity contribution in [3.63, 3.8) is 0 Å². The molecule has 5 heteroatoms. The van der Waals surface area contributed by atoms with Crippen molar-refractivity contribution < 1.29 is 19.1 Å². The molecular formula is C27H31ClO4. The van der Waals surface area contributed by atoms with Gasteiger partial charge in [0.25, 0.3) is 0 Å². The van der Waals surface area contributed by atoms with Crippen molar-refractivity contribution in [2.75, 3.05) is 7.11 Å². The Balaban J connectivity index is 1.81. The summed E-state index contributed by atoms with van der Waals surface area (Å²) < 4.78 is 11.8. The normalized spacial score (nSPS) is 22.2. The van der Waals surface area contributed by atoms with Crippen LogP contribution in [-0.4, -0.2) is 29.9 Å². The van der Waals surface area contributed by atoms with Crippen molar-refractivity contribution in [2.24, 2.45) is 0 Å². The van der Waals surface area contributed by atoms with Gasteiger partial charge in [-0.15, -0.1) is 0 Å². The highest BCUT2D eigenvalue weighted by molar-refractivity contribution is 6.31. The van der Waals surface area contributed by atoms with Crippen molar-refractivity contribution >= 4 is 23.2 Å². The maximum atomic E-state index is 13.8. The molecule has 2 aromatic rings. The molecule has 1 saturated heterocycles. The molecule has 1 aliphatic heterocycles. The predicted octanol–water partition coefficient (Wildman–Crippen LogP) is 6.31. The lowest BCUT2D eigenvalue weighted by molar-refractivity contribution is -0.197. The van der Waals surface area contributed by atoms with Gasteiger partial charge in [-0.2, -0.15) is 0 Å². The van der Waals surface area contributed by atoms with E-state index in [1.54, 1.807) is 13.2 Å². The van der Waals surface area contributed by atoms with Gasteiger partial charge in [0, 0.05) is 10.6 Å². The lowest BCUT2D eigenvalue weighted by Gasteiger charge is -2.48. The van der Waals surface area contributed by atoms with Gasteiger partial charge in [0.2, 0.25) is 0 Å². The summed E-state index contributed by atoms with van der Waals surface area (Å²) in [6, 6.07) is 11.5. The second-order valence-electron chi connectivity index (χ2n) is 9.44. The molecule has 2 aromatic carbocycles. The summed E-state index contributed by atoms with van der Waals surface area (Å²) in [6.07, 6.45) is 5.11. The monoisotopic (exact) mass is 454 g/mol. The Bertz CT molecular complexity index is 1050. The van der Waals surface area contributed by atoms with Gasteiger partial charge in [-0.25, -0.2) is 0 Å². The highest BCUT2D eigenvalue weighted by Gasteiger charge is 2.57. The maximum Gasteiger partial charge on any atom is 0.179 e. The Morgan fingerprint density at radius 2 is 1.75 bits per heavy atom. The molecule has 4 nitrogen and oxygen atoms in total. The molecule has 1 aliphatic carbocycles. The number of benzene rings is 2. The third-order valence-corrected chi connectivity index (χ3v) is 7.22. The van der Waals surface area contributed by atoms with Gasteiger partial charge in [0.15, 0.2) is 11.6 Å². The Labute approximate surface area is 195 Å². The van der Waals surface area contributed by atoms with Crippen LogP contribution in [0.4, 0.5) is 0 Å². The van der Waals surface area contributed by atoms with E-state index >= 15 is 0 Å². The van der Waals surface area contributed by atoms with Gasteiger partial charge in [-0.05, 0) is 68.0 Å². The van der Waals surface area contributed by atoms with E-state index in [1.165, 1.54) is 0 Å². The average molecular weight is 455 g/mol. The molecule has 2 fully saturated rings. The summed E-state index contributed by atoms with van der Waals surface area (Å²) in [5.41, 5.74) is 1.78. The molecule has 4 rings (SSSR count). The number of ketones is 2. The van der Waals surface area contributed by atoms with E-state index < -0.39 is 17.1 Å². The molecule has 170 valence electrons. The molecule has 1 atom stereocenters. The largest absolute Gasteiger partial charge is 0.496 e. The van der Waals surface area contributed by atoms with Crippen LogP contribution in [0.5, 0.6) is 5.75 Å². The maximum absolute atomic E-state index is 13.8. The molecule has 1 saturated carbocycles. The first-order valence-electron chi connectivity index (χ1n) is 11.5. The van der Waals surface area contributed by atoms with E-state index in [-0.39, 0.29) is 11.6 Å². The number of ether oxygens (including phenoxy) is 2. The van der Waals surface area contributed by atoms with Crippen LogP contribution in [-0.2, 0) is 20.7 Å². The Kier molecular flexibility index (Phi) is 6.21. The third-order valence-electron chi connectivity index (χ3n) is 6.99. The molecule has 0 aromatic heterocycles. The lowest BCUT2D eigenvalue weighted by atomic mass is 9.68. The van der Waals surface area contributed by atoms with Crippen molar-refractivity contribution in [1.82, 2.24) is 0 Å². The van der Waals surface area contributed by atoms with Crippen LogP contribution in [0.2, 0.25) is 5.02 Å². The average Bonchev–Trinajstić information content (AvgIpc) is 2.78. The molecule has 32 heavy (non-hydrogen) atoms. The van der Waals surface area contributed by atoms with Gasteiger partial charge in [-0.3, -0.25) is 9.59 Å². The molecule has 1 unspecified atom stereocenters. The molecule has 1 heterocycles. The van der Waals surface area contributed by atoms with Gasteiger partial charge in [0.1, 0.15) is 22.9 Å². The van der Waals surface area contributed by atoms with E-state index in [0.29, 0.717) is 24.3 Å². The molecule has 0 amide bonds. The minimum absolute atomic E-state index is 0.0655. The molecular weight excluding hydrogens is 424 g/mol. The highest BCUT2D eigenvalue weighted by Crippen LogP contribution is 2.46. The van der Waals surface area contributed by atoms with Crippen LogP contribution in [0.1, 0.15) is 69.9 Å². The van der Waals surface area contributed by atoms with Crippen molar-refractivity contribution in [3.8, 4) is 16.9 Å². The summed E-state index contributed by atoms with van der Waals surface area (Å²) in [5, 5.41) is 0.624. The van der Waals surface area contributed by atoms with Crippen molar-refractivity contribution in [3.05, 3.63) is 52.5 Å². The first-order chi connectivity index (χ1) is 15.2. The molecule has 2 aliphatic rings. The topological polar surface area (TPSA) is 52.6 Å². The fourth-order valence-electron chi connectivity index (χ4n) is 5.34. The van der Waals surface area contributed by atoms with E-state index in [9.17, 15) is 9.59 Å². The molecule has 0 N–H and O–H groups in total. The SMILES string of the molecule is CCc1cc(-c2cc(Cl)ccc2OC)ccc1C1C(=O)C(C)(C)OC2(CCCCC2)C1=O. The van der Waals surface area contributed by atoms with Crippen LogP contribution in [0.25, 0.3) is 11.1 Å². The van der Waals surface area contributed by atoms with E-state index in [4.69, 9.17) is 21.1 Å². The van der Waals surface area contributed by atoms with Gasteiger partial charge < -0.3 is 9.47 Å². The number of hydrogen-bond acceptors (Lipinski definition) is 4. The lowest BCUT2D eigenvalue weighted by Crippen LogP contribution is -2.61. The standard InChI is InChI=1S/C27H31ClO4/c1-5-17-15-18(21-16-19(28)10-12-22(21)31-4)9-11-20(17)23-24(29)26(2,3)32-27(25(23)30)13-7-6-8-14-27/h9-12,15-16,23H,5-8,13-14H2,1-4H3. The molecule has 1 spiro atoms. The summed E-state index contributed by atoms with van der Waals surface area (Å²) in [4.78, 5) is 27.3. The van der Waals surface area contributed by atoms with Gasteiger partial charge >= 0.3 is 0 Å². The Morgan fingerprint density at radius 3 is 2.41 bits per heavy atom. The van der Waals surface area contributed by atoms with Crippen LogP contribution < -0.4 is 4.74 Å². The highest BCUT2D eigenvalue weighted by atomic mass is 35.5. The summed E-state index contributed by atoms with van der Waals surface area (Å²) in [7, 11) is 1.63. The second kappa shape index (κ2) is 8.64. The molecule has 0 radical (unpaired) electrons. The van der Waals surface area contributed by atoms with Crippen LogP contribution in [0.15, 0.2) is 36.4 Å². The number of halogens is 1. The Hall–Kier alpha value is -2.17. The number of rotatable bonds is 4. The van der Waals surface area contributed by atoms with Crippen LogP contribution in [0, 0.1) is 0 Å². The zero-order chi connectivity index (χ0) is 23.1. The third kappa shape index (κ3) is 3.88. The first-order valence-corrected chi connectivity index (χ1v) is 11.9. The van der Waals surface area contributed by atoms with Gasteiger partial charge in [0.05, 0.1) is 7.11 Å². The number of aryl methyl sites for hydroxylation is 1. The van der Waals surface area contributed by atoms with Crippen molar-refractivity contribution in [2.45, 2.75) is 76.4 Å². The minimum Gasteiger partial charge on any atom is -0.496 e. The summed E-state index contributed by atoms with van der Waals surface area (Å²) in [5.74, 6) is -0.280. The Morgan fingerprint density at radius 1 is 1.03 bits per heavy atom. The number of carbonyl (C=O) groups is 2. The molecule has 0 bridgehead atoms. The minimum atomic E-state index is -0.990. The fourth-order valence-corrected chi connectivity index (χ4v) is 5.51. The van der Waals surface area contributed by atoms with Crippen molar-refractivity contribution in [1.29, 1.82) is 0 Å². The summed E-state index contributed by atoms with van der Waals surface area (Å²) in [6.45, 7) is 5.66. The predicted molar refractivity (Wildman–Crippen MR) is 127 cm³/mol. The number of hydrogen-bond donors (Lipinski definition) is 0. The van der Waals surface area contributed by atoms with Crippen LogP contribution in [0.3, 0.4) is 0 Å². The number of methoxy groups -OCH3 is 1. The van der Waals surface area contributed by atoms with E-state index in [2.05, 4.69) is 6.07 Å². The zero-order valence-electron chi connectivity index (χ0n) is 19.3. The first kappa shape index (κ1) is 23.0. The van der Waals surface area contributed by atoms with Crippen LogP contribution >= 0.6 is 11.6 Å². The second-order valence-corrected chi connectivity index (χ2v) is 9.88. The zero-order valence-corrected chi connectivity index (χ0v) is 20.1. The smallest absolute Gasteiger partial charge is 0.179 e. The number of Topliss-reactive ketones (excluding diaryl/α,β-unsaturated/α-hetero) is 2. The van der Waals surface area contributed by atoms with E-state index in [0.717, 1.165) is 47.3 Å².